The lowest BCUT2D eigenvalue weighted by molar-refractivity contribution is -0.133. The van der Waals surface area contributed by atoms with Gasteiger partial charge >= 0.3 is 6.03 Å². The van der Waals surface area contributed by atoms with Crippen molar-refractivity contribution in [3.8, 4) is 0 Å². The highest BCUT2D eigenvalue weighted by molar-refractivity contribution is 5.84. The minimum Gasteiger partial charge on any atom is -0.376 e. The third-order valence-corrected chi connectivity index (χ3v) is 6.18. The van der Waals surface area contributed by atoms with Crippen molar-refractivity contribution in [2.75, 3.05) is 27.2 Å². The number of hydrogen-bond acceptors (Lipinski definition) is 4. The number of alkyl halides is 1. The van der Waals surface area contributed by atoms with E-state index in [4.69, 9.17) is 0 Å². The van der Waals surface area contributed by atoms with Gasteiger partial charge < -0.3 is 20.2 Å². The third kappa shape index (κ3) is 6.33. The third-order valence-electron chi connectivity index (χ3n) is 6.18. The zero-order chi connectivity index (χ0) is 24.8. The summed E-state index contributed by atoms with van der Waals surface area (Å²) in [6, 6.07) is 16.4. The maximum absolute atomic E-state index is 14.3. The number of nitrogens with zero attached hydrogens (tertiary/aromatic N) is 2. The van der Waals surface area contributed by atoms with Gasteiger partial charge in [-0.3, -0.25) is 10.1 Å². The van der Waals surface area contributed by atoms with Gasteiger partial charge in [0.25, 0.3) is 0 Å². The van der Waals surface area contributed by atoms with Crippen LogP contribution < -0.4 is 10.6 Å². The maximum atomic E-state index is 14.3. The molecule has 8 heteroatoms. The summed E-state index contributed by atoms with van der Waals surface area (Å²) in [5, 5.41) is 16.9. The lowest BCUT2D eigenvalue weighted by Gasteiger charge is -2.32. The molecule has 1 aliphatic rings. The second kappa shape index (κ2) is 11.4. The van der Waals surface area contributed by atoms with Crippen LogP contribution >= 0.6 is 0 Å². The summed E-state index contributed by atoms with van der Waals surface area (Å²) in [6.45, 7) is 3.89. The van der Waals surface area contributed by atoms with Crippen LogP contribution in [0.4, 0.5) is 9.18 Å². The average Bonchev–Trinajstić information content (AvgIpc) is 3.23. The van der Waals surface area contributed by atoms with Crippen LogP contribution in [0.3, 0.4) is 0 Å². The van der Waals surface area contributed by atoms with Gasteiger partial charge in [0.1, 0.15) is 12.4 Å². The zero-order valence-electron chi connectivity index (χ0n) is 20.2. The highest BCUT2D eigenvalue weighted by atomic mass is 19.1. The number of hydrogen-bond donors (Lipinski definition) is 3. The van der Waals surface area contributed by atoms with E-state index in [1.54, 1.807) is 14.1 Å². The Morgan fingerprint density at radius 1 is 1.06 bits per heavy atom. The zero-order valence-corrected chi connectivity index (χ0v) is 20.2. The summed E-state index contributed by atoms with van der Waals surface area (Å²) in [5.74, 6) is -0.0333. The Kier molecular flexibility index (Phi) is 8.63. The van der Waals surface area contributed by atoms with Crippen LogP contribution in [-0.2, 0) is 4.79 Å². The molecule has 1 aliphatic heterocycles. The highest BCUT2D eigenvalue weighted by Crippen LogP contribution is 2.28. The number of carbonyl (C=O) groups is 2. The Morgan fingerprint density at radius 3 is 2.24 bits per heavy atom. The Hall–Kier alpha value is -2.97. The summed E-state index contributed by atoms with van der Waals surface area (Å²) in [6.07, 6.45) is -2.38. The van der Waals surface area contributed by atoms with Crippen molar-refractivity contribution in [3.63, 3.8) is 0 Å². The van der Waals surface area contributed by atoms with E-state index >= 15 is 0 Å². The van der Waals surface area contributed by atoms with Crippen molar-refractivity contribution in [1.82, 2.24) is 20.4 Å². The average molecular weight is 471 g/mol. The number of rotatable bonds is 8. The fraction of sp³-hybridized carbons (Fsp3) is 0.462. The Balaban J connectivity index is 1.78. The van der Waals surface area contributed by atoms with E-state index in [1.165, 1.54) is 15.4 Å². The number of likely N-dealkylation sites (tertiary alicyclic amines) is 1. The molecule has 0 saturated carbocycles. The number of urea groups is 1. The van der Waals surface area contributed by atoms with Crippen molar-refractivity contribution >= 4 is 11.9 Å². The van der Waals surface area contributed by atoms with Gasteiger partial charge in [-0.2, -0.15) is 0 Å². The summed E-state index contributed by atoms with van der Waals surface area (Å²) >= 11 is 0. The number of halogens is 1. The van der Waals surface area contributed by atoms with Crippen LogP contribution in [0.2, 0.25) is 0 Å². The Labute approximate surface area is 200 Å². The monoisotopic (exact) mass is 470 g/mol. The largest absolute Gasteiger partial charge is 0.376 e. The van der Waals surface area contributed by atoms with Crippen LogP contribution in [0.15, 0.2) is 54.6 Å². The molecule has 1 unspecified atom stereocenters. The molecule has 1 saturated heterocycles. The lowest BCUT2D eigenvalue weighted by atomic mass is 9.94. The van der Waals surface area contributed by atoms with E-state index < -0.39 is 30.4 Å². The molecular formula is C26H35FN4O3. The molecule has 0 spiro atoms. The van der Waals surface area contributed by atoms with Gasteiger partial charge in [-0.25, -0.2) is 9.18 Å². The first-order valence-corrected chi connectivity index (χ1v) is 11.6. The first kappa shape index (κ1) is 25.6. The molecule has 7 nitrogen and oxygen atoms in total. The summed E-state index contributed by atoms with van der Waals surface area (Å²) in [5.41, 5.74) is 3.12. The molecule has 4 atom stereocenters. The first-order valence-electron chi connectivity index (χ1n) is 11.6. The van der Waals surface area contributed by atoms with E-state index in [9.17, 15) is 19.1 Å². The van der Waals surface area contributed by atoms with E-state index in [0.717, 1.165) is 11.1 Å². The topological polar surface area (TPSA) is 84.9 Å². The van der Waals surface area contributed by atoms with Crippen LogP contribution in [0.1, 0.15) is 48.9 Å². The number of aliphatic hydroxyl groups excluding tert-OH is 1. The van der Waals surface area contributed by atoms with Crippen molar-refractivity contribution in [3.05, 3.63) is 71.3 Å². The molecule has 2 aromatic rings. The molecule has 0 radical (unpaired) electrons. The van der Waals surface area contributed by atoms with E-state index in [2.05, 4.69) is 36.6 Å². The molecule has 34 heavy (non-hydrogen) atoms. The fourth-order valence-electron chi connectivity index (χ4n) is 4.20. The highest BCUT2D eigenvalue weighted by Gasteiger charge is 2.40. The molecule has 3 rings (SSSR count). The van der Waals surface area contributed by atoms with Crippen LogP contribution in [0, 0.1) is 0 Å². The van der Waals surface area contributed by atoms with E-state index in [-0.39, 0.29) is 25.6 Å². The number of carbonyl (C=O) groups excluding carboxylic acids is 2. The standard InChI is InChI=1S/C26H35FN4O3/c1-17(2)18-10-12-20(13-11-18)24(19-8-6-5-7-9-19)29-25(33)22-14-21(27)16-31(22)23(32)15-28-26(34)30(3)4/h5-13,17,21-22,24-25,29,33H,14-16H2,1-4H3,(H,28,34)/t21-,22+,24+,25?/m1/s1. The lowest BCUT2D eigenvalue weighted by Crippen LogP contribution is -2.52. The van der Waals surface area contributed by atoms with Gasteiger partial charge in [0.05, 0.1) is 25.2 Å². The molecular weight excluding hydrogens is 435 g/mol. The number of nitrogens with one attached hydrogen (secondary N) is 2. The van der Waals surface area contributed by atoms with Crippen LogP contribution in [0.5, 0.6) is 0 Å². The summed E-state index contributed by atoms with van der Waals surface area (Å²) in [4.78, 5) is 27.2. The normalized spacial score (nSPS) is 19.7. The molecule has 184 valence electrons. The van der Waals surface area contributed by atoms with Gasteiger partial charge in [-0.15, -0.1) is 0 Å². The number of benzene rings is 2. The first-order chi connectivity index (χ1) is 16.2. The smallest absolute Gasteiger partial charge is 0.317 e. The molecule has 1 heterocycles. The van der Waals surface area contributed by atoms with Crippen LogP contribution in [0.25, 0.3) is 0 Å². The Morgan fingerprint density at radius 2 is 1.65 bits per heavy atom. The summed E-state index contributed by atoms with van der Waals surface area (Å²) in [7, 11) is 3.14. The predicted octanol–water partition coefficient (Wildman–Crippen LogP) is 3.02. The molecule has 0 aliphatic carbocycles. The maximum Gasteiger partial charge on any atom is 0.317 e. The van der Waals surface area contributed by atoms with Crippen molar-refractivity contribution in [2.45, 2.75) is 50.7 Å². The second-order valence-electron chi connectivity index (χ2n) is 9.28. The molecule has 3 N–H and O–H groups in total. The molecule has 0 bridgehead atoms. The minimum absolute atomic E-state index is 0.0231. The molecule has 0 aromatic heterocycles. The Bertz CT molecular complexity index is 952. The van der Waals surface area contributed by atoms with Gasteiger partial charge in [0.15, 0.2) is 0 Å². The van der Waals surface area contributed by atoms with Crippen LogP contribution in [-0.4, -0.2) is 72.5 Å². The fourth-order valence-corrected chi connectivity index (χ4v) is 4.20. The van der Waals surface area contributed by atoms with Crippen molar-refractivity contribution in [2.24, 2.45) is 0 Å². The van der Waals surface area contributed by atoms with Crippen molar-refractivity contribution in [1.29, 1.82) is 0 Å². The minimum atomic E-state index is -1.24. The van der Waals surface area contributed by atoms with Gasteiger partial charge in [0.2, 0.25) is 5.91 Å². The molecule has 3 amide bonds. The van der Waals surface area contributed by atoms with Crippen molar-refractivity contribution < 1.29 is 19.1 Å². The molecule has 1 fully saturated rings. The number of aliphatic hydroxyl groups is 1. The van der Waals surface area contributed by atoms with Gasteiger partial charge in [-0.05, 0) is 22.6 Å². The predicted molar refractivity (Wildman–Crippen MR) is 130 cm³/mol. The quantitative estimate of drug-likeness (QED) is 0.518. The van der Waals surface area contributed by atoms with Gasteiger partial charge in [-0.1, -0.05) is 68.4 Å². The van der Waals surface area contributed by atoms with Gasteiger partial charge in [0, 0.05) is 20.5 Å². The summed E-state index contributed by atoms with van der Waals surface area (Å²) < 4.78 is 14.3. The SMILES string of the molecule is CC(C)c1ccc([C@@H](NC(O)[C@@H]2C[C@@H](F)CN2C(=O)CNC(=O)N(C)C)c2ccccc2)cc1. The second-order valence-corrected chi connectivity index (χ2v) is 9.28. The number of amides is 3. The van der Waals surface area contributed by atoms with E-state index in [0.29, 0.717) is 5.92 Å². The molecule has 2 aromatic carbocycles. The van der Waals surface area contributed by atoms with E-state index in [1.807, 2.05) is 42.5 Å².